The Kier molecular flexibility index (Phi) is 4.52. The summed E-state index contributed by atoms with van der Waals surface area (Å²) < 4.78 is 5.21. The Hall–Kier alpha value is -0.850. The van der Waals surface area contributed by atoms with Crippen LogP contribution in [0.15, 0.2) is 4.99 Å². The van der Waals surface area contributed by atoms with E-state index in [1.54, 1.807) is 0 Å². The first-order chi connectivity index (χ1) is 6.33. The fourth-order valence-electron chi connectivity index (χ4n) is 1.18. The van der Waals surface area contributed by atoms with Gasteiger partial charge in [0.1, 0.15) is 0 Å². The molecule has 0 aliphatic carbocycles. The van der Waals surface area contributed by atoms with Gasteiger partial charge in [0.05, 0.1) is 19.8 Å². The molecule has 0 radical (unpaired) electrons. The second-order valence-electron chi connectivity index (χ2n) is 2.87. The highest BCUT2D eigenvalue weighted by atomic mass is 16.5. The van der Waals surface area contributed by atoms with Crippen molar-refractivity contribution in [1.29, 1.82) is 0 Å². The predicted molar refractivity (Wildman–Crippen MR) is 51.1 cm³/mol. The number of guanidine groups is 1. The van der Waals surface area contributed by atoms with Crippen LogP contribution in [0, 0.1) is 0 Å². The van der Waals surface area contributed by atoms with E-state index in [9.17, 15) is 0 Å². The second kappa shape index (κ2) is 5.74. The molecule has 0 aromatic heterocycles. The third kappa shape index (κ3) is 4.07. The maximum Gasteiger partial charge on any atom is 0.203 e. The summed E-state index contributed by atoms with van der Waals surface area (Å²) in [5.41, 5.74) is 7.65. The Bertz CT molecular complexity index is 166. The largest absolute Gasteiger partial charge is 0.379 e. The maximum atomic E-state index is 5.36. The number of hydrazine groups is 1. The molecular formula is C7H17N5O. The molecule has 0 saturated carbocycles. The minimum Gasteiger partial charge on any atom is -0.379 e. The van der Waals surface area contributed by atoms with Crippen LogP contribution in [-0.4, -0.2) is 50.3 Å². The van der Waals surface area contributed by atoms with Gasteiger partial charge in [-0.2, -0.15) is 0 Å². The molecule has 0 aromatic carbocycles. The van der Waals surface area contributed by atoms with Gasteiger partial charge in [-0.3, -0.25) is 15.3 Å². The van der Waals surface area contributed by atoms with Gasteiger partial charge in [-0.25, -0.2) is 5.84 Å². The van der Waals surface area contributed by atoms with Gasteiger partial charge in [-0.05, 0) is 0 Å². The molecule has 5 N–H and O–H groups in total. The highest BCUT2D eigenvalue weighted by Crippen LogP contribution is 1.95. The molecule has 0 amide bonds. The van der Waals surface area contributed by atoms with Crippen LogP contribution in [-0.2, 0) is 4.74 Å². The average Bonchev–Trinajstić information content (AvgIpc) is 2.19. The van der Waals surface area contributed by atoms with E-state index in [4.69, 9.17) is 16.3 Å². The van der Waals surface area contributed by atoms with Crippen LogP contribution < -0.4 is 17.0 Å². The predicted octanol–water partition coefficient (Wildman–Crippen LogP) is -1.90. The summed E-state index contributed by atoms with van der Waals surface area (Å²) in [4.78, 5) is 6.30. The molecule has 0 atom stereocenters. The van der Waals surface area contributed by atoms with E-state index in [1.165, 1.54) is 0 Å². The van der Waals surface area contributed by atoms with E-state index in [-0.39, 0.29) is 5.96 Å². The van der Waals surface area contributed by atoms with E-state index in [0.717, 1.165) is 32.8 Å². The van der Waals surface area contributed by atoms with Gasteiger partial charge in [-0.15, -0.1) is 0 Å². The molecule has 1 heterocycles. The van der Waals surface area contributed by atoms with Crippen molar-refractivity contribution in [2.75, 3.05) is 39.4 Å². The molecule has 1 fully saturated rings. The molecule has 1 aliphatic heterocycles. The van der Waals surface area contributed by atoms with E-state index in [1.807, 2.05) is 0 Å². The highest BCUT2D eigenvalue weighted by molar-refractivity contribution is 5.77. The van der Waals surface area contributed by atoms with Crippen LogP contribution in [0.5, 0.6) is 0 Å². The summed E-state index contributed by atoms with van der Waals surface area (Å²) in [5.74, 6) is 5.34. The Balaban J connectivity index is 2.10. The lowest BCUT2D eigenvalue weighted by molar-refractivity contribution is 0.0394. The highest BCUT2D eigenvalue weighted by Gasteiger charge is 2.08. The number of ether oxygens (including phenoxy) is 1. The Morgan fingerprint density at radius 3 is 2.77 bits per heavy atom. The van der Waals surface area contributed by atoms with Crippen molar-refractivity contribution in [3.63, 3.8) is 0 Å². The zero-order chi connectivity index (χ0) is 9.52. The minimum atomic E-state index is 0.285. The van der Waals surface area contributed by atoms with Crippen LogP contribution in [0.1, 0.15) is 0 Å². The second-order valence-corrected chi connectivity index (χ2v) is 2.87. The monoisotopic (exact) mass is 187 g/mol. The number of hydrogen-bond acceptors (Lipinski definition) is 4. The third-order valence-corrected chi connectivity index (χ3v) is 1.95. The number of nitrogens with one attached hydrogen (secondary N) is 1. The fraction of sp³-hybridized carbons (Fsp3) is 0.857. The van der Waals surface area contributed by atoms with Crippen molar-refractivity contribution in [3.05, 3.63) is 0 Å². The summed E-state index contributed by atoms with van der Waals surface area (Å²) in [7, 11) is 0. The molecule has 6 heteroatoms. The van der Waals surface area contributed by atoms with Crippen LogP contribution in [0.3, 0.4) is 0 Å². The minimum absolute atomic E-state index is 0.285. The third-order valence-electron chi connectivity index (χ3n) is 1.95. The first-order valence-corrected chi connectivity index (χ1v) is 4.39. The molecule has 1 saturated heterocycles. The first-order valence-electron chi connectivity index (χ1n) is 4.39. The van der Waals surface area contributed by atoms with Crippen LogP contribution >= 0.6 is 0 Å². The molecule has 0 spiro atoms. The summed E-state index contributed by atoms with van der Waals surface area (Å²) in [6, 6.07) is 0. The van der Waals surface area contributed by atoms with Crippen LogP contribution in [0.2, 0.25) is 0 Å². The number of nitrogens with zero attached hydrogens (tertiary/aromatic N) is 2. The average molecular weight is 187 g/mol. The molecule has 6 nitrogen and oxygen atoms in total. The summed E-state index contributed by atoms with van der Waals surface area (Å²) in [6.07, 6.45) is 0. The van der Waals surface area contributed by atoms with Gasteiger partial charge in [0.25, 0.3) is 0 Å². The van der Waals surface area contributed by atoms with E-state index in [0.29, 0.717) is 6.54 Å². The lowest BCUT2D eigenvalue weighted by atomic mass is 10.4. The van der Waals surface area contributed by atoms with E-state index in [2.05, 4.69) is 15.3 Å². The smallest absolute Gasteiger partial charge is 0.203 e. The van der Waals surface area contributed by atoms with Gasteiger partial charge >= 0.3 is 0 Å². The molecule has 76 valence electrons. The molecular weight excluding hydrogens is 170 g/mol. The molecule has 0 bridgehead atoms. The lowest BCUT2D eigenvalue weighted by Gasteiger charge is -2.25. The summed E-state index contributed by atoms with van der Waals surface area (Å²) in [5, 5.41) is 0. The van der Waals surface area contributed by atoms with Crippen molar-refractivity contribution in [2.45, 2.75) is 0 Å². The van der Waals surface area contributed by atoms with Crippen LogP contribution in [0.25, 0.3) is 0 Å². The van der Waals surface area contributed by atoms with Gasteiger partial charge < -0.3 is 10.5 Å². The van der Waals surface area contributed by atoms with Crippen molar-refractivity contribution in [2.24, 2.45) is 16.6 Å². The maximum absolute atomic E-state index is 5.36. The quantitative estimate of drug-likeness (QED) is 0.208. The van der Waals surface area contributed by atoms with Crippen molar-refractivity contribution in [3.8, 4) is 0 Å². The number of morpholine rings is 1. The topological polar surface area (TPSA) is 88.9 Å². The van der Waals surface area contributed by atoms with Crippen LogP contribution in [0.4, 0.5) is 0 Å². The Labute approximate surface area is 77.9 Å². The van der Waals surface area contributed by atoms with Crippen molar-refractivity contribution in [1.82, 2.24) is 10.3 Å². The Morgan fingerprint density at radius 2 is 2.15 bits per heavy atom. The van der Waals surface area contributed by atoms with Gasteiger partial charge in [0.2, 0.25) is 5.96 Å². The van der Waals surface area contributed by atoms with Gasteiger partial charge in [0.15, 0.2) is 0 Å². The normalized spacial score (nSPS) is 20.2. The summed E-state index contributed by atoms with van der Waals surface area (Å²) >= 11 is 0. The number of aliphatic imine (C=N–C) groups is 1. The molecule has 1 aliphatic rings. The molecule has 1 rings (SSSR count). The van der Waals surface area contributed by atoms with Gasteiger partial charge in [0, 0.05) is 19.6 Å². The molecule has 0 unspecified atom stereocenters. The lowest BCUT2D eigenvalue weighted by Crippen LogP contribution is -2.40. The molecule has 0 aromatic rings. The number of hydrogen-bond donors (Lipinski definition) is 3. The zero-order valence-electron chi connectivity index (χ0n) is 7.70. The fourth-order valence-corrected chi connectivity index (χ4v) is 1.18. The Morgan fingerprint density at radius 1 is 1.46 bits per heavy atom. The summed E-state index contributed by atoms with van der Waals surface area (Å²) in [6.45, 7) is 5.17. The zero-order valence-corrected chi connectivity index (χ0v) is 7.70. The van der Waals surface area contributed by atoms with Crippen molar-refractivity contribution < 1.29 is 4.74 Å². The SMILES string of the molecule is NNC(N)=NCCN1CCOCC1. The standard InChI is InChI=1S/C7H17N5O/c8-7(11-9)10-1-2-12-3-5-13-6-4-12/h1-6,9H2,(H3,8,10,11). The van der Waals surface area contributed by atoms with Crippen molar-refractivity contribution >= 4 is 5.96 Å². The first kappa shape index (κ1) is 10.2. The van der Waals surface area contributed by atoms with E-state index < -0.39 is 0 Å². The van der Waals surface area contributed by atoms with E-state index >= 15 is 0 Å². The van der Waals surface area contributed by atoms with Gasteiger partial charge in [-0.1, -0.05) is 0 Å². The molecule has 13 heavy (non-hydrogen) atoms. The number of nitrogens with two attached hydrogens (primary N) is 2. The number of rotatable bonds is 3.